The molecular formula is C18H22ClN3O3S. The van der Waals surface area contributed by atoms with Gasteiger partial charge in [-0.1, -0.05) is 42.5 Å². The Kier molecular flexibility index (Phi) is 6.28. The van der Waals surface area contributed by atoms with Gasteiger partial charge in [0.2, 0.25) is 10.0 Å². The fourth-order valence-corrected chi connectivity index (χ4v) is 3.75. The lowest BCUT2D eigenvalue weighted by molar-refractivity contribution is 0.0790. The SMILES string of the molecule is CS(=O)(=O)Nc1ccccc1C(=O)N1C[C@@H](N)[C@H](c2ccccc2)C1.Cl. The molecule has 2 atom stereocenters. The second kappa shape index (κ2) is 8.07. The number of para-hydroxylation sites is 1. The summed E-state index contributed by atoms with van der Waals surface area (Å²) >= 11 is 0. The zero-order chi connectivity index (χ0) is 18.0. The van der Waals surface area contributed by atoms with Gasteiger partial charge in [0.1, 0.15) is 0 Å². The highest BCUT2D eigenvalue weighted by Crippen LogP contribution is 2.28. The number of carbonyl (C=O) groups excluding carboxylic acids is 1. The minimum atomic E-state index is -3.47. The number of likely N-dealkylation sites (tertiary alicyclic amines) is 1. The molecule has 8 heteroatoms. The lowest BCUT2D eigenvalue weighted by Gasteiger charge is -2.18. The van der Waals surface area contributed by atoms with Crippen LogP contribution in [0.4, 0.5) is 5.69 Å². The van der Waals surface area contributed by atoms with Gasteiger partial charge in [-0.2, -0.15) is 0 Å². The van der Waals surface area contributed by atoms with E-state index in [9.17, 15) is 13.2 Å². The first kappa shape index (κ1) is 20.2. The summed E-state index contributed by atoms with van der Waals surface area (Å²) < 4.78 is 25.5. The summed E-state index contributed by atoms with van der Waals surface area (Å²) in [6.07, 6.45) is 1.06. The van der Waals surface area contributed by atoms with Gasteiger partial charge < -0.3 is 10.6 Å². The number of carbonyl (C=O) groups is 1. The average molecular weight is 396 g/mol. The van der Waals surface area contributed by atoms with Crippen LogP contribution in [0.25, 0.3) is 0 Å². The van der Waals surface area contributed by atoms with Crippen LogP contribution in [0.2, 0.25) is 0 Å². The van der Waals surface area contributed by atoms with E-state index in [0.717, 1.165) is 11.8 Å². The number of sulfonamides is 1. The van der Waals surface area contributed by atoms with Crippen molar-refractivity contribution in [2.75, 3.05) is 24.1 Å². The number of hydrogen-bond donors (Lipinski definition) is 2. The molecule has 1 saturated heterocycles. The van der Waals surface area contributed by atoms with Gasteiger partial charge in [0.15, 0.2) is 0 Å². The van der Waals surface area contributed by atoms with Crippen molar-refractivity contribution >= 4 is 34.0 Å². The molecule has 26 heavy (non-hydrogen) atoms. The number of amides is 1. The van der Waals surface area contributed by atoms with E-state index in [1.54, 1.807) is 29.2 Å². The largest absolute Gasteiger partial charge is 0.336 e. The van der Waals surface area contributed by atoms with Gasteiger partial charge in [-0.3, -0.25) is 9.52 Å². The number of halogens is 1. The molecule has 2 aromatic rings. The Bertz CT molecular complexity index is 874. The van der Waals surface area contributed by atoms with Gasteiger partial charge in [-0.05, 0) is 17.7 Å². The van der Waals surface area contributed by atoms with E-state index < -0.39 is 10.0 Å². The molecule has 140 valence electrons. The summed E-state index contributed by atoms with van der Waals surface area (Å²) in [6, 6.07) is 16.3. The molecule has 1 amide bonds. The van der Waals surface area contributed by atoms with Crippen molar-refractivity contribution in [1.82, 2.24) is 4.90 Å². The second-order valence-corrected chi connectivity index (χ2v) is 8.06. The van der Waals surface area contributed by atoms with E-state index >= 15 is 0 Å². The molecule has 3 rings (SSSR count). The molecule has 0 aromatic heterocycles. The van der Waals surface area contributed by atoms with E-state index in [0.29, 0.717) is 18.7 Å². The number of nitrogens with zero attached hydrogens (tertiary/aromatic N) is 1. The van der Waals surface area contributed by atoms with Crippen molar-refractivity contribution in [1.29, 1.82) is 0 Å². The maximum atomic E-state index is 12.9. The monoisotopic (exact) mass is 395 g/mol. The first-order chi connectivity index (χ1) is 11.8. The van der Waals surface area contributed by atoms with Crippen LogP contribution in [-0.2, 0) is 10.0 Å². The van der Waals surface area contributed by atoms with Crippen molar-refractivity contribution in [2.24, 2.45) is 5.73 Å². The summed E-state index contributed by atoms with van der Waals surface area (Å²) in [5.74, 6) is -0.152. The molecule has 6 nitrogen and oxygen atoms in total. The number of rotatable bonds is 4. The van der Waals surface area contributed by atoms with Crippen molar-refractivity contribution in [3.05, 3.63) is 65.7 Å². The Balaban J connectivity index is 0.00000243. The van der Waals surface area contributed by atoms with E-state index in [1.165, 1.54) is 0 Å². The van der Waals surface area contributed by atoms with E-state index in [1.807, 2.05) is 30.3 Å². The van der Waals surface area contributed by atoms with Gasteiger partial charge in [-0.25, -0.2) is 8.42 Å². The van der Waals surface area contributed by atoms with Crippen LogP contribution in [0.3, 0.4) is 0 Å². The predicted octanol–water partition coefficient (Wildman–Crippen LogP) is 2.05. The number of hydrogen-bond acceptors (Lipinski definition) is 4. The lowest BCUT2D eigenvalue weighted by atomic mass is 9.95. The molecule has 1 fully saturated rings. The van der Waals surface area contributed by atoms with Gasteiger partial charge in [-0.15, -0.1) is 12.4 Å². The molecule has 0 spiro atoms. The molecule has 3 N–H and O–H groups in total. The van der Waals surface area contributed by atoms with Crippen molar-refractivity contribution in [3.63, 3.8) is 0 Å². The van der Waals surface area contributed by atoms with Crippen molar-refractivity contribution < 1.29 is 13.2 Å². The summed E-state index contributed by atoms with van der Waals surface area (Å²) in [6.45, 7) is 0.947. The Morgan fingerprint density at radius 2 is 1.69 bits per heavy atom. The number of nitrogens with one attached hydrogen (secondary N) is 1. The Morgan fingerprint density at radius 1 is 1.08 bits per heavy atom. The highest BCUT2D eigenvalue weighted by molar-refractivity contribution is 7.92. The molecule has 0 saturated carbocycles. The van der Waals surface area contributed by atoms with Crippen LogP contribution < -0.4 is 10.5 Å². The van der Waals surface area contributed by atoms with Gasteiger partial charge in [0, 0.05) is 25.0 Å². The summed E-state index contributed by atoms with van der Waals surface area (Å²) in [7, 11) is -3.47. The van der Waals surface area contributed by atoms with E-state index in [2.05, 4.69) is 4.72 Å². The highest BCUT2D eigenvalue weighted by Gasteiger charge is 2.34. The number of nitrogens with two attached hydrogens (primary N) is 1. The van der Waals surface area contributed by atoms with Gasteiger partial charge in [0.25, 0.3) is 5.91 Å². The topological polar surface area (TPSA) is 92.5 Å². The van der Waals surface area contributed by atoms with Crippen LogP contribution in [-0.4, -0.2) is 44.6 Å². The summed E-state index contributed by atoms with van der Waals surface area (Å²) in [5, 5.41) is 0. The lowest BCUT2D eigenvalue weighted by Crippen LogP contribution is -2.32. The predicted molar refractivity (Wildman–Crippen MR) is 105 cm³/mol. The van der Waals surface area contributed by atoms with E-state index in [-0.39, 0.29) is 36.0 Å². The number of benzene rings is 2. The molecule has 0 unspecified atom stereocenters. The molecule has 2 aromatic carbocycles. The fourth-order valence-electron chi connectivity index (χ4n) is 3.18. The molecular weight excluding hydrogens is 374 g/mol. The first-order valence-corrected chi connectivity index (χ1v) is 9.91. The van der Waals surface area contributed by atoms with E-state index in [4.69, 9.17) is 5.73 Å². The highest BCUT2D eigenvalue weighted by atomic mass is 35.5. The smallest absolute Gasteiger partial charge is 0.256 e. The molecule has 1 aliphatic heterocycles. The Labute approximate surface area is 159 Å². The van der Waals surface area contributed by atoms with Gasteiger partial charge in [0.05, 0.1) is 17.5 Å². The van der Waals surface area contributed by atoms with Gasteiger partial charge >= 0.3 is 0 Å². The third kappa shape index (κ3) is 4.55. The quantitative estimate of drug-likeness (QED) is 0.828. The minimum Gasteiger partial charge on any atom is -0.336 e. The zero-order valence-corrected chi connectivity index (χ0v) is 16.0. The zero-order valence-electron chi connectivity index (χ0n) is 14.3. The normalized spacial score (nSPS) is 19.7. The molecule has 0 bridgehead atoms. The van der Waals surface area contributed by atoms with Crippen LogP contribution in [0.1, 0.15) is 21.8 Å². The minimum absolute atomic E-state index is 0. The standard InChI is InChI=1S/C18H21N3O3S.ClH/c1-25(23,24)20-17-10-6-5-9-14(17)18(22)21-11-15(16(19)12-21)13-7-3-2-4-8-13;/h2-10,15-16,20H,11-12,19H2,1H3;1H/t15-,16+;/m0./s1. The summed E-state index contributed by atoms with van der Waals surface area (Å²) in [4.78, 5) is 14.6. The molecule has 1 heterocycles. The molecule has 0 radical (unpaired) electrons. The van der Waals surface area contributed by atoms with Crippen molar-refractivity contribution in [3.8, 4) is 0 Å². The maximum absolute atomic E-state index is 12.9. The molecule has 0 aliphatic carbocycles. The van der Waals surface area contributed by atoms with Crippen LogP contribution in [0, 0.1) is 0 Å². The van der Waals surface area contributed by atoms with Crippen LogP contribution in [0.5, 0.6) is 0 Å². The van der Waals surface area contributed by atoms with Crippen molar-refractivity contribution in [2.45, 2.75) is 12.0 Å². The number of anilines is 1. The summed E-state index contributed by atoms with van der Waals surface area (Å²) in [5.41, 5.74) is 7.97. The molecule has 1 aliphatic rings. The maximum Gasteiger partial charge on any atom is 0.256 e. The average Bonchev–Trinajstić information content (AvgIpc) is 2.96. The van der Waals surface area contributed by atoms with Crippen LogP contribution >= 0.6 is 12.4 Å². The fraction of sp³-hybridized carbons (Fsp3) is 0.278. The Morgan fingerprint density at radius 3 is 2.35 bits per heavy atom. The second-order valence-electron chi connectivity index (χ2n) is 6.31. The Hall–Kier alpha value is -2.09. The third-order valence-electron chi connectivity index (χ3n) is 4.33. The first-order valence-electron chi connectivity index (χ1n) is 8.02. The van der Waals surface area contributed by atoms with Crippen LogP contribution in [0.15, 0.2) is 54.6 Å². The third-order valence-corrected chi connectivity index (χ3v) is 4.92.